The number of unbranched alkanes of at least 4 members (excludes halogenated alkanes) is 1. The van der Waals surface area contributed by atoms with E-state index in [0.29, 0.717) is 19.7 Å². The molecule has 2 heterocycles. The lowest BCUT2D eigenvalue weighted by Gasteiger charge is -2.35. The molecule has 10 heteroatoms. The maximum atomic E-state index is 11.8. The van der Waals surface area contributed by atoms with E-state index in [9.17, 15) is 14.9 Å². The van der Waals surface area contributed by atoms with Crippen molar-refractivity contribution in [2.45, 2.75) is 26.3 Å². The van der Waals surface area contributed by atoms with Crippen LogP contribution in [0.5, 0.6) is 0 Å². The summed E-state index contributed by atoms with van der Waals surface area (Å²) in [6, 6.07) is 10.2. The van der Waals surface area contributed by atoms with Crippen LogP contribution in [0.3, 0.4) is 0 Å². The van der Waals surface area contributed by atoms with E-state index in [2.05, 4.69) is 32.3 Å². The summed E-state index contributed by atoms with van der Waals surface area (Å²) in [5.74, 6) is -0.187. The van der Waals surface area contributed by atoms with Gasteiger partial charge in [-0.3, -0.25) is 19.8 Å². The Morgan fingerprint density at radius 2 is 1.94 bits per heavy atom. The second-order valence-electron chi connectivity index (χ2n) is 7.33. The second kappa shape index (κ2) is 11.2. The summed E-state index contributed by atoms with van der Waals surface area (Å²) in [5, 5.41) is 14.5. The number of nitro groups is 1. The summed E-state index contributed by atoms with van der Waals surface area (Å²) in [5.41, 5.74) is 1.02. The van der Waals surface area contributed by atoms with Gasteiger partial charge < -0.3 is 15.0 Å². The number of esters is 1. The van der Waals surface area contributed by atoms with Crippen molar-refractivity contribution in [3.63, 3.8) is 0 Å². The molecule has 0 spiro atoms. The van der Waals surface area contributed by atoms with Crippen LogP contribution in [0.15, 0.2) is 36.7 Å². The third-order valence-electron chi connectivity index (χ3n) is 5.07. The lowest BCUT2D eigenvalue weighted by atomic mass is 10.2. The number of anilines is 2. The van der Waals surface area contributed by atoms with Gasteiger partial charge in [0, 0.05) is 32.7 Å². The molecule has 1 aliphatic heterocycles. The summed E-state index contributed by atoms with van der Waals surface area (Å²) in [4.78, 5) is 35.5. The van der Waals surface area contributed by atoms with Gasteiger partial charge >= 0.3 is 11.7 Å². The number of hydrogen-bond acceptors (Lipinski definition) is 9. The summed E-state index contributed by atoms with van der Waals surface area (Å²) in [6.07, 6.45) is 2.98. The smallest absolute Gasteiger partial charge is 0.353 e. The van der Waals surface area contributed by atoms with Gasteiger partial charge in [0.2, 0.25) is 11.6 Å². The van der Waals surface area contributed by atoms with Gasteiger partial charge in [-0.05, 0) is 12.0 Å². The van der Waals surface area contributed by atoms with Crippen LogP contribution in [0, 0.1) is 10.1 Å². The predicted octanol–water partition coefficient (Wildman–Crippen LogP) is 2.46. The lowest BCUT2D eigenvalue weighted by molar-refractivity contribution is -0.383. The van der Waals surface area contributed by atoms with Crippen molar-refractivity contribution in [2.75, 3.05) is 49.5 Å². The Balaban J connectivity index is 1.63. The SMILES string of the molecule is CCCCOC(=O)CNc1ncnc(N2CCN(Cc3ccccc3)CC2)c1[N+](=O)[O-]. The van der Waals surface area contributed by atoms with E-state index in [1.165, 1.54) is 11.9 Å². The van der Waals surface area contributed by atoms with Gasteiger partial charge in [-0.15, -0.1) is 0 Å². The first-order valence-electron chi connectivity index (χ1n) is 10.5. The Morgan fingerprint density at radius 3 is 2.61 bits per heavy atom. The molecule has 1 N–H and O–H groups in total. The zero-order valence-electron chi connectivity index (χ0n) is 17.7. The number of piperazine rings is 1. The molecule has 1 aliphatic rings. The molecule has 166 valence electrons. The first-order valence-corrected chi connectivity index (χ1v) is 10.5. The summed E-state index contributed by atoms with van der Waals surface area (Å²) in [7, 11) is 0. The van der Waals surface area contributed by atoms with Gasteiger partial charge in [-0.2, -0.15) is 0 Å². The Morgan fingerprint density at radius 1 is 1.19 bits per heavy atom. The quantitative estimate of drug-likeness (QED) is 0.264. The molecule has 1 saturated heterocycles. The van der Waals surface area contributed by atoms with E-state index >= 15 is 0 Å². The van der Waals surface area contributed by atoms with Crippen LogP contribution in [-0.4, -0.2) is 65.1 Å². The van der Waals surface area contributed by atoms with Crippen molar-refractivity contribution < 1.29 is 14.5 Å². The molecule has 3 rings (SSSR count). The molecule has 0 atom stereocenters. The highest BCUT2D eigenvalue weighted by Gasteiger charge is 2.29. The number of nitrogens with zero attached hydrogens (tertiary/aromatic N) is 5. The van der Waals surface area contributed by atoms with Crippen LogP contribution in [-0.2, 0) is 16.1 Å². The van der Waals surface area contributed by atoms with E-state index in [0.717, 1.165) is 32.5 Å². The van der Waals surface area contributed by atoms with Gasteiger partial charge in [0.25, 0.3) is 0 Å². The predicted molar refractivity (Wildman–Crippen MR) is 117 cm³/mol. The fourth-order valence-electron chi connectivity index (χ4n) is 3.40. The molecule has 0 aliphatic carbocycles. The number of hydrogen-bond donors (Lipinski definition) is 1. The number of rotatable bonds is 10. The molecule has 0 unspecified atom stereocenters. The third kappa shape index (κ3) is 6.35. The average molecular weight is 428 g/mol. The molecule has 0 radical (unpaired) electrons. The number of nitrogens with one attached hydrogen (secondary N) is 1. The maximum Gasteiger partial charge on any atom is 0.353 e. The van der Waals surface area contributed by atoms with Gasteiger partial charge in [0.05, 0.1) is 11.5 Å². The molecule has 31 heavy (non-hydrogen) atoms. The lowest BCUT2D eigenvalue weighted by Crippen LogP contribution is -2.46. The van der Waals surface area contributed by atoms with Gasteiger partial charge in [-0.25, -0.2) is 9.97 Å². The number of carbonyl (C=O) groups is 1. The van der Waals surface area contributed by atoms with Crippen molar-refractivity contribution in [2.24, 2.45) is 0 Å². The number of ether oxygens (including phenoxy) is 1. The molecule has 1 aromatic carbocycles. The Hall–Kier alpha value is -3.27. The molecule has 1 fully saturated rings. The molecule has 10 nitrogen and oxygen atoms in total. The Labute approximate surface area is 181 Å². The summed E-state index contributed by atoms with van der Waals surface area (Å²) >= 11 is 0. The van der Waals surface area contributed by atoms with Crippen molar-refractivity contribution in [1.82, 2.24) is 14.9 Å². The zero-order valence-corrected chi connectivity index (χ0v) is 17.7. The maximum absolute atomic E-state index is 11.8. The minimum Gasteiger partial charge on any atom is -0.464 e. The van der Waals surface area contributed by atoms with Crippen LogP contribution in [0.1, 0.15) is 25.3 Å². The minimum absolute atomic E-state index is 0.0224. The molecule has 0 bridgehead atoms. The number of benzene rings is 1. The van der Waals surface area contributed by atoms with Gasteiger partial charge in [0.1, 0.15) is 12.9 Å². The van der Waals surface area contributed by atoms with Crippen LogP contribution < -0.4 is 10.2 Å². The van der Waals surface area contributed by atoms with E-state index in [4.69, 9.17) is 4.74 Å². The summed E-state index contributed by atoms with van der Waals surface area (Å²) < 4.78 is 5.08. The fraction of sp³-hybridized carbons (Fsp3) is 0.476. The molecular weight excluding hydrogens is 400 g/mol. The van der Waals surface area contributed by atoms with Crippen molar-refractivity contribution in [1.29, 1.82) is 0 Å². The molecule has 2 aromatic rings. The first kappa shape index (κ1) is 22.4. The van der Waals surface area contributed by atoms with Crippen LogP contribution in [0.4, 0.5) is 17.3 Å². The Kier molecular flexibility index (Phi) is 8.11. The van der Waals surface area contributed by atoms with E-state index in [1.54, 1.807) is 0 Å². The second-order valence-corrected chi connectivity index (χ2v) is 7.33. The minimum atomic E-state index is -0.504. The monoisotopic (exact) mass is 428 g/mol. The highest BCUT2D eigenvalue weighted by Crippen LogP contribution is 2.32. The molecular formula is C21H28N6O4. The first-order chi connectivity index (χ1) is 15.1. The highest BCUT2D eigenvalue weighted by atomic mass is 16.6. The largest absolute Gasteiger partial charge is 0.464 e. The molecule has 0 amide bonds. The van der Waals surface area contributed by atoms with E-state index in [-0.39, 0.29) is 23.9 Å². The van der Waals surface area contributed by atoms with Crippen molar-refractivity contribution >= 4 is 23.3 Å². The zero-order chi connectivity index (χ0) is 22.1. The Bertz CT molecular complexity index is 871. The van der Waals surface area contributed by atoms with Crippen molar-refractivity contribution in [3.05, 3.63) is 52.3 Å². The fourth-order valence-corrected chi connectivity index (χ4v) is 3.40. The van der Waals surface area contributed by atoms with Crippen LogP contribution in [0.2, 0.25) is 0 Å². The normalized spacial score (nSPS) is 14.3. The molecule has 0 saturated carbocycles. The topological polar surface area (TPSA) is 114 Å². The average Bonchev–Trinajstić information content (AvgIpc) is 2.78. The van der Waals surface area contributed by atoms with E-state index in [1.807, 2.05) is 30.0 Å². The summed E-state index contributed by atoms with van der Waals surface area (Å²) in [6.45, 7) is 5.75. The van der Waals surface area contributed by atoms with Crippen molar-refractivity contribution in [3.8, 4) is 0 Å². The van der Waals surface area contributed by atoms with E-state index < -0.39 is 10.9 Å². The van der Waals surface area contributed by atoms with Crippen LogP contribution in [0.25, 0.3) is 0 Å². The van der Waals surface area contributed by atoms with Gasteiger partial charge in [-0.1, -0.05) is 43.7 Å². The molecule has 1 aromatic heterocycles. The number of aromatic nitrogens is 2. The van der Waals surface area contributed by atoms with Gasteiger partial charge in [0.15, 0.2) is 0 Å². The highest BCUT2D eigenvalue weighted by molar-refractivity contribution is 5.78. The number of carbonyl (C=O) groups excluding carboxylic acids is 1. The van der Waals surface area contributed by atoms with Crippen LogP contribution >= 0.6 is 0 Å². The third-order valence-corrected chi connectivity index (χ3v) is 5.07. The standard InChI is InChI=1S/C21H28N6O4/c1-2-3-13-31-18(28)14-22-20-19(27(29)30)21(24-16-23-20)26-11-9-25(10-12-26)15-17-7-5-4-6-8-17/h4-8,16H,2-3,9-15H2,1H3,(H,22,23,24).